The molecule has 2 aromatic rings. The lowest BCUT2D eigenvalue weighted by Crippen LogP contribution is -2.27. The van der Waals surface area contributed by atoms with E-state index in [0.717, 1.165) is 60.7 Å². The van der Waals surface area contributed by atoms with Crippen molar-refractivity contribution in [3.63, 3.8) is 0 Å². The van der Waals surface area contributed by atoms with E-state index in [-0.39, 0.29) is 0 Å². The summed E-state index contributed by atoms with van der Waals surface area (Å²) in [6, 6.07) is 12.6. The SMILES string of the molecule is CCOc1cc(CNCCCN(CC)CC)cc(Br)c1OCc1cccc(C)c1. The molecule has 2 aromatic carbocycles. The number of halogens is 1. The molecular weight excluding hydrogens is 428 g/mol. The zero-order valence-corrected chi connectivity index (χ0v) is 19.8. The van der Waals surface area contributed by atoms with Gasteiger partial charge in [0, 0.05) is 6.54 Å². The fourth-order valence-electron chi connectivity index (χ4n) is 3.28. The molecule has 0 atom stereocenters. The van der Waals surface area contributed by atoms with Gasteiger partial charge in [-0.05, 0) is 85.6 Å². The Labute approximate surface area is 184 Å². The van der Waals surface area contributed by atoms with Crippen molar-refractivity contribution in [1.82, 2.24) is 10.2 Å². The number of hydrogen-bond donors (Lipinski definition) is 1. The number of rotatable bonds is 13. The summed E-state index contributed by atoms with van der Waals surface area (Å²) >= 11 is 3.68. The monoisotopic (exact) mass is 462 g/mol. The minimum absolute atomic E-state index is 0.517. The van der Waals surface area contributed by atoms with Crippen LogP contribution in [0.2, 0.25) is 0 Å². The van der Waals surface area contributed by atoms with E-state index in [1.54, 1.807) is 0 Å². The average Bonchev–Trinajstić information content (AvgIpc) is 2.70. The Morgan fingerprint density at radius 3 is 2.48 bits per heavy atom. The predicted octanol–water partition coefficient (Wildman–Crippen LogP) is 5.56. The fraction of sp³-hybridized carbons (Fsp3) is 0.500. The van der Waals surface area contributed by atoms with E-state index in [1.807, 2.05) is 6.92 Å². The number of nitrogens with one attached hydrogen (secondary N) is 1. The maximum Gasteiger partial charge on any atom is 0.175 e. The second-order valence-electron chi connectivity index (χ2n) is 7.17. The summed E-state index contributed by atoms with van der Waals surface area (Å²) in [7, 11) is 0. The first-order valence-electron chi connectivity index (χ1n) is 10.6. The molecule has 2 rings (SSSR count). The maximum atomic E-state index is 6.11. The predicted molar refractivity (Wildman–Crippen MR) is 125 cm³/mol. The average molecular weight is 463 g/mol. The van der Waals surface area contributed by atoms with E-state index < -0.39 is 0 Å². The number of nitrogens with zero attached hydrogens (tertiary/aromatic N) is 1. The number of hydrogen-bond acceptors (Lipinski definition) is 4. The summed E-state index contributed by atoms with van der Waals surface area (Å²) in [5, 5.41) is 3.54. The van der Waals surface area contributed by atoms with Gasteiger partial charge in [0.2, 0.25) is 0 Å². The first-order valence-corrected chi connectivity index (χ1v) is 11.4. The summed E-state index contributed by atoms with van der Waals surface area (Å²) < 4.78 is 12.9. The molecule has 0 bridgehead atoms. The molecule has 0 unspecified atom stereocenters. The van der Waals surface area contributed by atoms with Gasteiger partial charge in [-0.1, -0.05) is 43.7 Å². The zero-order chi connectivity index (χ0) is 21.1. The Hall–Kier alpha value is -1.56. The van der Waals surface area contributed by atoms with Gasteiger partial charge in [-0.25, -0.2) is 0 Å². The van der Waals surface area contributed by atoms with Crippen LogP contribution in [0, 0.1) is 6.92 Å². The molecule has 0 aliphatic heterocycles. The number of benzene rings is 2. The Bertz CT molecular complexity index is 748. The van der Waals surface area contributed by atoms with Crippen molar-refractivity contribution >= 4 is 15.9 Å². The highest BCUT2D eigenvalue weighted by atomic mass is 79.9. The van der Waals surface area contributed by atoms with Crippen LogP contribution in [0.3, 0.4) is 0 Å². The Morgan fingerprint density at radius 1 is 1.00 bits per heavy atom. The molecule has 0 fully saturated rings. The standard InChI is InChI=1S/C24H35BrN2O2/c1-5-27(6-2)13-9-12-26-17-21-15-22(25)24(23(16-21)28-7-3)29-18-20-11-8-10-19(4)14-20/h8,10-11,14-16,26H,5-7,9,12-13,17-18H2,1-4H3. The summed E-state index contributed by atoms with van der Waals surface area (Å²) in [6.45, 7) is 14.8. The quantitative estimate of drug-likeness (QED) is 0.395. The van der Waals surface area contributed by atoms with Crippen LogP contribution in [0.25, 0.3) is 0 Å². The van der Waals surface area contributed by atoms with E-state index in [1.165, 1.54) is 11.1 Å². The van der Waals surface area contributed by atoms with Crippen LogP contribution >= 0.6 is 15.9 Å². The minimum Gasteiger partial charge on any atom is -0.490 e. The molecule has 0 aliphatic rings. The lowest BCUT2D eigenvalue weighted by molar-refractivity contribution is 0.267. The van der Waals surface area contributed by atoms with Crippen LogP contribution in [-0.4, -0.2) is 37.7 Å². The van der Waals surface area contributed by atoms with E-state index in [0.29, 0.717) is 13.2 Å². The van der Waals surface area contributed by atoms with Crippen molar-refractivity contribution in [2.45, 2.75) is 47.3 Å². The van der Waals surface area contributed by atoms with Crippen molar-refractivity contribution < 1.29 is 9.47 Å². The Kier molecular flexibility index (Phi) is 10.5. The van der Waals surface area contributed by atoms with E-state index >= 15 is 0 Å². The molecule has 0 amide bonds. The highest BCUT2D eigenvalue weighted by Gasteiger charge is 2.13. The van der Waals surface area contributed by atoms with Gasteiger partial charge in [0.25, 0.3) is 0 Å². The lowest BCUT2D eigenvalue weighted by Gasteiger charge is -2.18. The lowest BCUT2D eigenvalue weighted by atomic mass is 10.1. The first kappa shape index (κ1) is 23.7. The van der Waals surface area contributed by atoms with Gasteiger partial charge in [0.1, 0.15) is 6.61 Å². The summed E-state index contributed by atoms with van der Waals surface area (Å²) in [5.74, 6) is 1.55. The molecular formula is C24H35BrN2O2. The molecule has 0 radical (unpaired) electrons. The van der Waals surface area contributed by atoms with Crippen LogP contribution in [0.4, 0.5) is 0 Å². The summed E-state index contributed by atoms with van der Waals surface area (Å²) in [6.07, 6.45) is 1.15. The topological polar surface area (TPSA) is 33.7 Å². The Balaban J connectivity index is 1.95. The van der Waals surface area contributed by atoms with E-state index in [9.17, 15) is 0 Å². The normalized spacial score (nSPS) is 11.1. The maximum absolute atomic E-state index is 6.11. The molecule has 4 nitrogen and oxygen atoms in total. The second-order valence-corrected chi connectivity index (χ2v) is 8.03. The van der Waals surface area contributed by atoms with Crippen molar-refractivity contribution in [1.29, 1.82) is 0 Å². The van der Waals surface area contributed by atoms with Gasteiger partial charge < -0.3 is 19.7 Å². The summed E-state index contributed by atoms with van der Waals surface area (Å²) in [4.78, 5) is 2.45. The third kappa shape index (κ3) is 8.00. The van der Waals surface area contributed by atoms with Crippen molar-refractivity contribution in [3.05, 3.63) is 57.6 Å². The number of ether oxygens (including phenoxy) is 2. The molecule has 5 heteroatoms. The fourth-order valence-corrected chi connectivity index (χ4v) is 3.89. The molecule has 0 aliphatic carbocycles. The first-order chi connectivity index (χ1) is 14.1. The summed E-state index contributed by atoms with van der Waals surface area (Å²) in [5.41, 5.74) is 3.57. The van der Waals surface area contributed by atoms with E-state index in [4.69, 9.17) is 9.47 Å². The van der Waals surface area contributed by atoms with Gasteiger partial charge in [-0.3, -0.25) is 0 Å². The van der Waals surface area contributed by atoms with Gasteiger partial charge in [-0.15, -0.1) is 0 Å². The largest absolute Gasteiger partial charge is 0.490 e. The highest BCUT2D eigenvalue weighted by molar-refractivity contribution is 9.10. The van der Waals surface area contributed by atoms with Gasteiger partial charge in [0.15, 0.2) is 11.5 Å². The van der Waals surface area contributed by atoms with Crippen LogP contribution in [0.5, 0.6) is 11.5 Å². The second kappa shape index (κ2) is 12.9. The van der Waals surface area contributed by atoms with Crippen molar-refractivity contribution in [3.8, 4) is 11.5 Å². The van der Waals surface area contributed by atoms with Crippen LogP contribution < -0.4 is 14.8 Å². The smallest absolute Gasteiger partial charge is 0.175 e. The molecule has 29 heavy (non-hydrogen) atoms. The number of aryl methyl sites for hydroxylation is 1. The Morgan fingerprint density at radius 2 is 1.79 bits per heavy atom. The van der Waals surface area contributed by atoms with Crippen molar-refractivity contribution in [2.75, 3.05) is 32.8 Å². The molecule has 160 valence electrons. The van der Waals surface area contributed by atoms with Crippen LogP contribution in [0.15, 0.2) is 40.9 Å². The van der Waals surface area contributed by atoms with Gasteiger partial charge in [0.05, 0.1) is 11.1 Å². The molecule has 1 N–H and O–H groups in total. The van der Waals surface area contributed by atoms with Gasteiger partial charge in [-0.2, -0.15) is 0 Å². The molecule has 0 saturated heterocycles. The van der Waals surface area contributed by atoms with Crippen molar-refractivity contribution in [2.24, 2.45) is 0 Å². The zero-order valence-electron chi connectivity index (χ0n) is 18.3. The van der Waals surface area contributed by atoms with Crippen LogP contribution in [0.1, 0.15) is 43.9 Å². The van der Waals surface area contributed by atoms with Gasteiger partial charge >= 0.3 is 0 Å². The highest BCUT2D eigenvalue weighted by Crippen LogP contribution is 2.37. The molecule has 0 saturated carbocycles. The molecule has 0 aromatic heterocycles. The molecule has 0 spiro atoms. The molecule has 0 heterocycles. The minimum atomic E-state index is 0.517. The third-order valence-electron chi connectivity index (χ3n) is 4.89. The van der Waals surface area contributed by atoms with Crippen LogP contribution in [-0.2, 0) is 13.2 Å². The van der Waals surface area contributed by atoms with E-state index in [2.05, 4.69) is 83.3 Å². The third-order valence-corrected chi connectivity index (χ3v) is 5.48.